The van der Waals surface area contributed by atoms with E-state index in [1.165, 1.54) is 9.08 Å². The van der Waals surface area contributed by atoms with Gasteiger partial charge in [0.1, 0.15) is 0 Å². The molecule has 1 saturated carbocycles. The molecule has 0 saturated heterocycles. The molecule has 16 heavy (non-hydrogen) atoms. The Morgan fingerprint density at radius 1 is 1.50 bits per heavy atom. The third-order valence-electron chi connectivity index (χ3n) is 3.01. The molecule has 1 fully saturated rings. The summed E-state index contributed by atoms with van der Waals surface area (Å²) in [5, 5.41) is 14.0. The van der Waals surface area contributed by atoms with E-state index >= 15 is 0 Å². The minimum Gasteiger partial charge on any atom is -0.391 e. The Balaban J connectivity index is 1.97. The maximum atomic E-state index is 11.9. The van der Waals surface area contributed by atoms with Crippen molar-refractivity contribution in [3.63, 3.8) is 0 Å². The van der Waals surface area contributed by atoms with Crippen LogP contribution >= 0.6 is 0 Å². The van der Waals surface area contributed by atoms with Gasteiger partial charge in [-0.25, -0.2) is 9.48 Å². The van der Waals surface area contributed by atoms with Gasteiger partial charge in [-0.3, -0.25) is 4.40 Å². The van der Waals surface area contributed by atoms with Crippen LogP contribution in [0, 0.1) is 5.92 Å². The SMILES string of the molecule is O=c1n(CC(O)C2CC2)nc2ccccn12. The second-order valence-electron chi connectivity index (χ2n) is 4.30. The second kappa shape index (κ2) is 3.45. The molecule has 2 aromatic heterocycles. The Morgan fingerprint density at radius 2 is 2.31 bits per heavy atom. The lowest BCUT2D eigenvalue weighted by atomic mass is 10.2. The lowest BCUT2D eigenvalue weighted by Crippen LogP contribution is -2.28. The lowest BCUT2D eigenvalue weighted by molar-refractivity contribution is 0.126. The summed E-state index contributed by atoms with van der Waals surface area (Å²) in [5.74, 6) is 0.358. The smallest absolute Gasteiger partial charge is 0.350 e. The van der Waals surface area contributed by atoms with E-state index < -0.39 is 6.10 Å². The Hall–Kier alpha value is -1.62. The number of hydrogen-bond donors (Lipinski definition) is 1. The molecule has 1 atom stereocenters. The standard InChI is InChI=1S/C11H13N3O2/c15-9(8-4-5-8)7-14-11(16)13-6-2-1-3-10(13)12-14/h1-3,6,8-9,15H,4-5,7H2. The van der Waals surface area contributed by atoms with Crippen molar-refractivity contribution in [2.75, 3.05) is 0 Å². The molecule has 1 aliphatic carbocycles. The zero-order chi connectivity index (χ0) is 11.1. The normalized spacial score (nSPS) is 17.8. The van der Waals surface area contributed by atoms with Gasteiger partial charge in [-0.2, -0.15) is 0 Å². The fourth-order valence-electron chi connectivity index (χ4n) is 1.89. The molecule has 0 aliphatic heterocycles. The number of fused-ring (bicyclic) bond motifs is 1. The van der Waals surface area contributed by atoms with Crippen molar-refractivity contribution in [3.8, 4) is 0 Å². The summed E-state index contributed by atoms with van der Waals surface area (Å²) < 4.78 is 2.83. The van der Waals surface area contributed by atoms with Gasteiger partial charge in [0, 0.05) is 6.20 Å². The molecule has 0 aromatic carbocycles. The van der Waals surface area contributed by atoms with E-state index in [0.29, 0.717) is 18.1 Å². The molecule has 2 heterocycles. The summed E-state index contributed by atoms with van der Waals surface area (Å²) in [5.41, 5.74) is 0.436. The third-order valence-corrected chi connectivity index (χ3v) is 3.01. The number of hydrogen-bond acceptors (Lipinski definition) is 3. The van der Waals surface area contributed by atoms with Gasteiger partial charge in [0.25, 0.3) is 0 Å². The molecule has 0 spiro atoms. The molecule has 3 rings (SSSR count). The summed E-state index contributed by atoms with van der Waals surface area (Å²) in [7, 11) is 0. The molecule has 5 heteroatoms. The summed E-state index contributed by atoms with van der Waals surface area (Å²) in [4.78, 5) is 11.9. The summed E-state index contributed by atoms with van der Waals surface area (Å²) in [6.45, 7) is 0.297. The Labute approximate surface area is 91.9 Å². The highest BCUT2D eigenvalue weighted by molar-refractivity contribution is 5.35. The van der Waals surface area contributed by atoms with Crippen LogP contribution < -0.4 is 5.69 Å². The van der Waals surface area contributed by atoms with E-state index in [-0.39, 0.29) is 5.69 Å². The average Bonchev–Trinajstić information content (AvgIpc) is 3.08. The summed E-state index contributed by atoms with van der Waals surface area (Å²) in [6.07, 6.45) is 3.36. The van der Waals surface area contributed by atoms with Crippen LogP contribution in [0.2, 0.25) is 0 Å². The predicted molar refractivity (Wildman–Crippen MR) is 58.2 cm³/mol. The molecule has 1 N–H and O–H groups in total. The highest BCUT2D eigenvalue weighted by Crippen LogP contribution is 2.32. The molecular weight excluding hydrogens is 206 g/mol. The van der Waals surface area contributed by atoms with E-state index in [1.54, 1.807) is 18.3 Å². The first kappa shape index (κ1) is 9.59. The molecule has 0 amide bonds. The van der Waals surface area contributed by atoms with Gasteiger partial charge in [-0.05, 0) is 30.9 Å². The van der Waals surface area contributed by atoms with Crippen molar-refractivity contribution in [1.82, 2.24) is 14.2 Å². The fourth-order valence-corrected chi connectivity index (χ4v) is 1.89. The topological polar surface area (TPSA) is 59.5 Å². The van der Waals surface area contributed by atoms with E-state index in [2.05, 4.69) is 5.10 Å². The number of nitrogens with zero attached hydrogens (tertiary/aromatic N) is 3. The van der Waals surface area contributed by atoms with Crippen molar-refractivity contribution in [2.24, 2.45) is 5.92 Å². The average molecular weight is 219 g/mol. The van der Waals surface area contributed by atoms with Gasteiger partial charge < -0.3 is 5.11 Å². The van der Waals surface area contributed by atoms with Crippen LogP contribution in [-0.2, 0) is 6.54 Å². The number of aliphatic hydroxyl groups excluding tert-OH is 1. The number of rotatable bonds is 3. The van der Waals surface area contributed by atoms with Crippen molar-refractivity contribution in [2.45, 2.75) is 25.5 Å². The first-order chi connectivity index (χ1) is 7.75. The van der Waals surface area contributed by atoms with Crippen molar-refractivity contribution >= 4 is 5.65 Å². The van der Waals surface area contributed by atoms with Crippen LogP contribution in [0.3, 0.4) is 0 Å². The predicted octanol–water partition coefficient (Wildman–Crippen LogP) is 0.267. The van der Waals surface area contributed by atoms with Crippen LogP contribution in [0.1, 0.15) is 12.8 Å². The fraction of sp³-hybridized carbons (Fsp3) is 0.455. The number of aliphatic hydroxyl groups is 1. The summed E-state index contributed by atoms with van der Waals surface area (Å²) >= 11 is 0. The van der Waals surface area contributed by atoms with Gasteiger partial charge in [-0.15, -0.1) is 5.10 Å². The van der Waals surface area contributed by atoms with E-state index in [9.17, 15) is 9.90 Å². The van der Waals surface area contributed by atoms with E-state index in [0.717, 1.165) is 12.8 Å². The van der Waals surface area contributed by atoms with Gasteiger partial charge in [-0.1, -0.05) is 6.07 Å². The Kier molecular flexibility index (Phi) is 2.07. The number of aromatic nitrogens is 3. The number of pyridine rings is 1. The Bertz CT molecular complexity index is 568. The van der Waals surface area contributed by atoms with Gasteiger partial charge in [0.15, 0.2) is 5.65 Å². The minimum atomic E-state index is -0.442. The first-order valence-electron chi connectivity index (χ1n) is 5.48. The van der Waals surface area contributed by atoms with Crippen LogP contribution in [-0.4, -0.2) is 25.4 Å². The van der Waals surface area contributed by atoms with Gasteiger partial charge in [0.2, 0.25) is 0 Å². The van der Waals surface area contributed by atoms with Crippen molar-refractivity contribution in [1.29, 1.82) is 0 Å². The largest absolute Gasteiger partial charge is 0.391 e. The zero-order valence-corrected chi connectivity index (χ0v) is 8.78. The van der Waals surface area contributed by atoms with Crippen LogP contribution in [0.25, 0.3) is 5.65 Å². The van der Waals surface area contributed by atoms with Crippen LogP contribution in [0.5, 0.6) is 0 Å². The van der Waals surface area contributed by atoms with Gasteiger partial charge in [0.05, 0.1) is 12.6 Å². The highest BCUT2D eigenvalue weighted by atomic mass is 16.3. The Morgan fingerprint density at radius 3 is 3.00 bits per heavy atom. The molecule has 1 unspecified atom stereocenters. The maximum absolute atomic E-state index is 11.9. The van der Waals surface area contributed by atoms with Crippen molar-refractivity contribution in [3.05, 3.63) is 34.9 Å². The van der Waals surface area contributed by atoms with Crippen molar-refractivity contribution < 1.29 is 5.11 Å². The van der Waals surface area contributed by atoms with E-state index in [1.807, 2.05) is 6.07 Å². The third kappa shape index (κ3) is 1.53. The quantitative estimate of drug-likeness (QED) is 0.806. The zero-order valence-electron chi connectivity index (χ0n) is 8.78. The molecule has 2 aromatic rings. The first-order valence-corrected chi connectivity index (χ1v) is 5.48. The van der Waals surface area contributed by atoms with Crippen LogP contribution in [0.15, 0.2) is 29.2 Å². The second-order valence-corrected chi connectivity index (χ2v) is 4.30. The molecule has 0 bridgehead atoms. The highest BCUT2D eigenvalue weighted by Gasteiger charge is 2.30. The molecule has 0 radical (unpaired) electrons. The minimum absolute atomic E-state index is 0.185. The molecular formula is C11H13N3O2. The monoisotopic (exact) mass is 219 g/mol. The van der Waals surface area contributed by atoms with Crippen LogP contribution in [0.4, 0.5) is 0 Å². The lowest BCUT2D eigenvalue weighted by Gasteiger charge is -2.06. The molecule has 1 aliphatic rings. The molecule has 5 nitrogen and oxygen atoms in total. The van der Waals surface area contributed by atoms with Gasteiger partial charge >= 0.3 is 5.69 Å². The summed E-state index contributed by atoms with van der Waals surface area (Å²) in [6, 6.07) is 5.41. The molecule has 84 valence electrons. The van der Waals surface area contributed by atoms with E-state index in [4.69, 9.17) is 0 Å². The maximum Gasteiger partial charge on any atom is 0.350 e.